The van der Waals surface area contributed by atoms with Crippen molar-refractivity contribution in [3.63, 3.8) is 0 Å². The molecule has 3 atom stereocenters. The lowest BCUT2D eigenvalue weighted by Gasteiger charge is -2.26. The number of esters is 4. The number of rotatable bonds is 18. The summed E-state index contributed by atoms with van der Waals surface area (Å²) in [5, 5.41) is 0. The molecule has 2 aromatic carbocycles. The van der Waals surface area contributed by atoms with Crippen LogP contribution in [0.4, 0.5) is 0 Å². The van der Waals surface area contributed by atoms with Crippen LogP contribution in [0.3, 0.4) is 0 Å². The van der Waals surface area contributed by atoms with Crippen LogP contribution < -0.4 is 9.26 Å². The van der Waals surface area contributed by atoms with E-state index in [1.54, 1.807) is 24.3 Å². The minimum absolute atomic E-state index is 0.00909. The Hall–Kier alpha value is -3.85. The second-order valence-corrected chi connectivity index (χ2v) is 10.6. The van der Waals surface area contributed by atoms with Crippen molar-refractivity contribution < 1.29 is 52.0 Å². The highest BCUT2D eigenvalue weighted by molar-refractivity contribution is 7.40. The maximum atomic E-state index is 13.9. The molecule has 0 saturated heterocycles. The Balaban J connectivity index is 2.47. The van der Waals surface area contributed by atoms with Crippen molar-refractivity contribution in [2.45, 2.75) is 58.2 Å². The molecule has 0 aromatic heterocycles. The molecular formula is C30H39O11P. The normalized spacial score (nSPS) is 12.8. The van der Waals surface area contributed by atoms with Gasteiger partial charge in [-0.1, -0.05) is 51.0 Å². The van der Waals surface area contributed by atoms with Gasteiger partial charge in [0.25, 0.3) is 8.03 Å². The van der Waals surface area contributed by atoms with Gasteiger partial charge in [-0.15, -0.1) is 0 Å². The molecule has 0 spiro atoms. The fourth-order valence-electron chi connectivity index (χ4n) is 3.75. The maximum absolute atomic E-state index is 13.9. The molecule has 0 aliphatic rings. The van der Waals surface area contributed by atoms with Gasteiger partial charge in [-0.25, -0.2) is 9.59 Å². The van der Waals surface area contributed by atoms with Gasteiger partial charge in [-0.3, -0.25) is 14.2 Å². The first-order valence-electron chi connectivity index (χ1n) is 13.8. The first-order valence-corrected chi connectivity index (χ1v) is 15.2. The fourth-order valence-corrected chi connectivity index (χ4v) is 5.12. The number of hydrogen-bond acceptors (Lipinski definition) is 11. The molecule has 0 bridgehead atoms. The van der Waals surface area contributed by atoms with Crippen molar-refractivity contribution in [3.05, 3.63) is 59.7 Å². The Kier molecular flexibility index (Phi) is 15.2. The zero-order valence-electron chi connectivity index (χ0n) is 24.4. The van der Waals surface area contributed by atoms with Crippen LogP contribution in [0, 0.1) is 5.92 Å². The van der Waals surface area contributed by atoms with E-state index in [1.807, 2.05) is 13.8 Å². The third-order valence-electron chi connectivity index (χ3n) is 6.13. The largest absolute Gasteiger partial charge is 0.478 e. The fraction of sp³-hybridized carbons (Fsp3) is 0.467. The molecule has 2 rings (SSSR count). The number of para-hydroxylation sites is 2. The monoisotopic (exact) mass is 606 g/mol. The molecule has 0 heterocycles. The number of hydrogen-bond donors (Lipinski definition) is 0. The first kappa shape index (κ1) is 34.4. The summed E-state index contributed by atoms with van der Waals surface area (Å²) < 4.78 is 46.0. The Labute approximate surface area is 246 Å². The molecule has 0 saturated carbocycles. The molecule has 11 nitrogen and oxygen atoms in total. The highest BCUT2D eigenvalue weighted by Gasteiger charge is 2.38. The van der Waals surface area contributed by atoms with Gasteiger partial charge in [-0.05, 0) is 43.5 Å². The summed E-state index contributed by atoms with van der Waals surface area (Å²) in [6.07, 6.45) is 2.60. The van der Waals surface area contributed by atoms with Crippen molar-refractivity contribution in [1.29, 1.82) is 0 Å². The molecule has 0 fully saturated rings. The SMILES string of the molecule is CCCCOC(=O)c1ccccc1OC(C(CCC(=O)OC)C(=O)OC)[PH](=O)Oc1ccccc1C(=O)OCCCC. The number of unbranched alkanes of at least 4 members (excludes halogenated alkanes) is 2. The quantitative estimate of drug-likeness (QED) is 0.0906. The van der Waals surface area contributed by atoms with E-state index >= 15 is 0 Å². The lowest BCUT2D eigenvalue weighted by Crippen LogP contribution is -2.33. The molecular weight excluding hydrogens is 567 g/mol. The summed E-state index contributed by atoms with van der Waals surface area (Å²) in [4.78, 5) is 50.4. The van der Waals surface area contributed by atoms with Crippen LogP contribution in [-0.2, 0) is 33.1 Å². The first-order chi connectivity index (χ1) is 20.3. The van der Waals surface area contributed by atoms with Crippen LogP contribution in [0.2, 0.25) is 0 Å². The molecule has 230 valence electrons. The van der Waals surface area contributed by atoms with Crippen molar-refractivity contribution in [2.75, 3.05) is 27.4 Å². The van der Waals surface area contributed by atoms with E-state index in [0.717, 1.165) is 20.0 Å². The highest BCUT2D eigenvalue weighted by atomic mass is 31.1. The van der Waals surface area contributed by atoms with Crippen molar-refractivity contribution >= 4 is 31.9 Å². The van der Waals surface area contributed by atoms with E-state index in [2.05, 4.69) is 0 Å². The summed E-state index contributed by atoms with van der Waals surface area (Å²) >= 11 is 0. The molecule has 0 radical (unpaired) electrons. The second-order valence-electron chi connectivity index (χ2n) is 9.18. The second kappa shape index (κ2) is 18.6. The third kappa shape index (κ3) is 10.5. The minimum Gasteiger partial charge on any atom is -0.478 e. The molecule has 2 aromatic rings. The summed E-state index contributed by atoms with van der Waals surface area (Å²) in [6, 6.07) is 12.2. The maximum Gasteiger partial charge on any atom is 0.341 e. The van der Waals surface area contributed by atoms with Crippen LogP contribution in [0.1, 0.15) is 73.1 Å². The van der Waals surface area contributed by atoms with Gasteiger partial charge in [0.2, 0.25) is 0 Å². The topological polar surface area (TPSA) is 141 Å². The number of ether oxygens (including phenoxy) is 5. The van der Waals surface area contributed by atoms with Crippen LogP contribution in [-0.4, -0.2) is 57.2 Å². The summed E-state index contributed by atoms with van der Waals surface area (Å²) in [5.41, 5.74) is 0.0830. The average molecular weight is 607 g/mol. The molecule has 3 unspecified atom stereocenters. The van der Waals surface area contributed by atoms with Crippen LogP contribution >= 0.6 is 8.03 Å². The summed E-state index contributed by atoms with van der Waals surface area (Å²) in [6.45, 7) is 4.31. The molecule has 12 heteroatoms. The van der Waals surface area contributed by atoms with E-state index in [9.17, 15) is 23.7 Å². The van der Waals surface area contributed by atoms with Gasteiger partial charge in [0.05, 0.1) is 27.4 Å². The van der Waals surface area contributed by atoms with Crippen molar-refractivity contribution in [3.8, 4) is 11.5 Å². The van der Waals surface area contributed by atoms with Crippen LogP contribution in [0.15, 0.2) is 48.5 Å². The molecule has 0 amide bonds. The van der Waals surface area contributed by atoms with Crippen molar-refractivity contribution in [2.24, 2.45) is 5.92 Å². The summed E-state index contributed by atoms with van der Waals surface area (Å²) in [5.74, 6) is -5.59. The number of methoxy groups -OCH3 is 2. The Morgan fingerprint density at radius 2 is 1.29 bits per heavy atom. The molecule has 0 N–H and O–H groups in total. The Morgan fingerprint density at radius 1 is 0.762 bits per heavy atom. The van der Waals surface area contributed by atoms with E-state index < -0.39 is 43.7 Å². The van der Waals surface area contributed by atoms with Crippen LogP contribution in [0.5, 0.6) is 11.5 Å². The van der Waals surface area contributed by atoms with Gasteiger partial charge in [-0.2, -0.15) is 0 Å². The van der Waals surface area contributed by atoms with Gasteiger partial charge in [0.1, 0.15) is 28.5 Å². The average Bonchev–Trinajstić information content (AvgIpc) is 3.00. The molecule has 0 aliphatic heterocycles. The lowest BCUT2D eigenvalue weighted by atomic mass is 10.0. The van der Waals surface area contributed by atoms with Gasteiger partial charge in [0, 0.05) is 6.42 Å². The number of carbonyl (C=O) groups excluding carboxylic acids is 4. The standard InChI is InChI=1S/C30H39O11P/c1-5-7-19-38-28(33)21-13-9-11-15-24(21)40-30(23(27(32)37-4)17-18-26(31)36-3)42(35)41-25-16-12-10-14-22(25)29(34)39-20-8-6-2/h9-16,23,30,42H,5-8,17-20H2,1-4H3. The van der Waals surface area contributed by atoms with Gasteiger partial charge < -0.3 is 28.2 Å². The highest BCUT2D eigenvalue weighted by Crippen LogP contribution is 2.41. The lowest BCUT2D eigenvalue weighted by molar-refractivity contribution is -0.148. The molecule has 42 heavy (non-hydrogen) atoms. The van der Waals surface area contributed by atoms with Crippen LogP contribution in [0.25, 0.3) is 0 Å². The number of carbonyl (C=O) groups is 4. The predicted molar refractivity (Wildman–Crippen MR) is 154 cm³/mol. The number of benzene rings is 2. The van der Waals surface area contributed by atoms with Gasteiger partial charge in [0.15, 0.2) is 5.85 Å². The molecule has 0 aliphatic carbocycles. The third-order valence-corrected chi connectivity index (χ3v) is 7.54. The zero-order valence-corrected chi connectivity index (χ0v) is 25.4. The van der Waals surface area contributed by atoms with E-state index in [-0.39, 0.29) is 48.7 Å². The zero-order chi connectivity index (χ0) is 30.9. The summed E-state index contributed by atoms with van der Waals surface area (Å²) in [7, 11) is -1.07. The minimum atomic E-state index is -3.41. The van der Waals surface area contributed by atoms with Gasteiger partial charge >= 0.3 is 23.9 Å². The Morgan fingerprint density at radius 3 is 1.81 bits per heavy atom. The van der Waals surface area contributed by atoms with Crippen molar-refractivity contribution in [1.82, 2.24) is 0 Å². The Bertz CT molecular complexity index is 1210. The van der Waals surface area contributed by atoms with E-state index in [4.69, 9.17) is 28.2 Å². The smallest absolute Gasteiger partial charge is 0.341 e. The predicted octanol–water partition coefficient (Wildman–Crippen LogP) is 5.60. The van der Waals surface area contributed by atoms with E-state index in [0.29, 0.717) is 12.8 Å². The van der Waals surface area contributed by atoms with E-state index in [1.165, 1.54) is 31.4 Å².